The highest BCUT2D eigenvalue weighted by atomic mass is 15.1. The summed E-state index contributed by atoms with van der Waals surface area (Å²) in [5.41, 5.74) is 14.0. The van der Waals surface area contributed by atoms with Crippen molar-refractivity contribution in [1.29, 1.82) is 0 Å². The van der Waals surface area contributed by atoms with Gasteiger partial charge in [-0.3, -0.25) is 0 Å². The molecule has 0 aliphatic heterocycles. The van der Waals surface area contributed by atoms with Gasteiger partial charge in [0.2, 0.25) is 0 Å². The maximum atomic E-state index is 2.50. The van der Waals surface area contributed by atoms with Gasteiger partial charge in [-0.05, 0) is 86.4 Å². The van der Waals surface area contributed by atoms with Crippen molar-refractivity contribution in [3.63, 3.8) is 0 Å². The van der Waals surface area contributed by atoms with E-state index in [1.165, 1.54) is 76.9 Å². The van der Waals surface area contributed by atoms with Crippen LogP contribution in [0.1, 0.15) is 0 Å². The molecule has 10 aromatic carbocycles. The van der Waals surface area contributed by atoms with Crippen LogP contribution in [0.5, 0.6) is 0 Å². The van der Waals surface area contributed by atoms with Crippen LogP contribution in [0.4, 0.5) is 17.1 Å². The Kier molecular flexibility index (Phi) is 8.19. The molecule has 0 amide bonds. The van der Waals surface area contributed by atoms with E-state index in [0.29, 0.717) is 0 Å². The lowest BCUT2D eigenvalue weighted by Crippen LogP contribution is -2.10. The lowest BCUT2D eigenvalue weighted by molar-refractivity contribution is 1.19. The number of nitrogens with zero attached hydrogens (tertiary/aromatic N) is 2. The summed E-state index contributed by atoms with van der Waals surface area (Å²) < 4.78 is 2.50. The Labute approximate surface area is 338 Å². The highest BCUT2D eigenvalue weighted by molar-refractivity contribution is 6.13. The van der Waals surface area contributed by atoms with Gasteiger partial charge in [0, 0.05) is 38.8 Å². The predicted molar refractivity (Wildman–Crippen MR) is 247 cm³/mol. The second kappa shape index (κ2) is 14.1. The van der Waals surface area contributed by atoms with E-state index in [1.807, 2.05) is 0 Å². The first-order chi connectivity index (χ1) is 28.8. The molecule has 58 heavy (non-hydrogen) atoms. The minimum atomic E-state index is 1.08. The number of hydrogen-bond acceptors (Lipinski definition) is 1. The Morgan fingerprint density at radius 1 is 0.276 bits per heavy atom. The molecule has 2 heteroatoms. The molecule has 0 saturated carbocycles. The molecule has 0 radical (unpaired) electrons. The fraction of sp³-hybridized carbons (Fsp3) is 0. The van der Waals surface area contributed by atoms with Crippen LogP contribution in [0.25, 0.3) is 82.4 Å². The minimum absolute atomic E-state index is 1.08. The zero-order valence-corrected chi connectivity index (χ0v) is 31.8. The first-order valence-corrected chi connectivity index (χ1v) is 19.9. The van der Waals surface area contributed by atoms with Crippen LogP contribution in [0, 0.1) is 0 Å². The molecule has 0 spiro atoms. The third-order valence-corrected chi connectivity index (χ3v) is 11.6. The molecule has 0 N–H and O–H groups in total. The third kappa shape index (κ3) is 5.66. The number of anilines is 3. The molecule has 0 atom stereocenters. The fourth-order valence-corrected chi connectivity index (χ4v) is 8.93. The maximum absolute atomic E-state index is 2.50. The van der Waals surface area contributed by atoms with E-state index in [-0.39, 0.29) is 0 Å². The lowest BCUT2D eigenvalue weighted by atomic mass is 9.91. The number of para-hydroxylation sites is 2. The zero-order chi connectivity index (χ0) is 38.4. The first kappa shape index (κ1) is 33.6. The Bertz CT molecular complexity index is 3270. The van der Waals surface area contributed by atoms with Crippen LogP contribution in [0.15, 0.2) is 231 Å². The number of aromatic nitrogens is 1. The Morgan fingerprint density at radius 3 is 1.57 bits per heavy atom. The molecular formula is C56H38N2. The molecule has 11 aromatic rings. The summed E-state index contributed by atoms with van der Waals surface area (Å²) >= 11 is 0. The molecule has 0 unspecified atom stereocenters. The van der Waals surface area contributed by atoms with Crippen LogP contribution in [0.2, 0.25) is 0 Å². The van der Waals surface area contributed by atoms with Crippen molar-refractivity contribution < 1.29 is 0 Å². The zero-order valence-electron chi connectivity index (χ0n) is 31.8. The minimum Gasteiger partial charge on any atom is -0.310 e. The molecule has 272 valence electrons. The van der Waals surface area contributed by atoms with Gasteiger partial charge < -0.3 is 9.47 Å². The summed E-state index contributed by atoms with van der Waals surface area (Å²) in [5.74, 6) is 0. The predicted octanol–water partition coefficient (Wildman–Crippen LogP) is 15.6. The summed E-state index contributed by atoms with van der Waals surface area (Å²) in [5, 5.41) is 7.36. The maximum Gasteiger partial charge on any atom is 0.0618 e. The molecule has 0 fully saturated rings. The molecule has 0 saturated heterocycles. The van der Waals surface area contributed by atoms with Gasteiger partial charge in [-0.2, -0.15) is 0 Å². The quantitative estimate of drug-likeness (QED) is 0.158. The molecule has 0 aliphatic carbocycles. The van der Waals surface area contributed by atoms with E-state index in [4.69, 9.17) is 0 Å². The average molecular weight is 739 g/mol. The average Bonchev–Trinajstić information content (AvgIpc) is 3.62. The van der Waals surface area contributed by atoms with E-state index in [2.05, 4.69) is 240 Å². The van der Waals surface area contributed by atoms with Crippen molar-refractivity contribution in [2.24, 2.45) is 0 Å². The molecule has 0 aliphatic rings. The molecule has 1 heterocycles. The highest BCUT2D eigenvalue weighted by Gasteiger charge is 2.22. The lowest BCUT2D eigenvalue weighted by Gasteiger charge is -2.27. The normalized spacial score (nSPS) is 11.4. The number of fused-ring (bicyclic) bond motifs is 5. The molecule has 2 nitrogen and oxygen atoms in total. The van der Waals surface area contributed by atoms with Crippen molar-refractivity contribution in [2.45, 2.75) is 0 Å². The van der Waals surface area contributed by atoms with E-state index in [1.54, 1.807) is 0 Å². The summed E-state index contributed by atoms with van der Waals surface area (Å²) in [6.07, 6.45) is 0. The second-order valence-corrected chi connectivity index (χ2v) is 14.9. The topological polar surface area (TPSA) is 8.17 Å². The van der Waals surface area contributed by atoms with Gasteiger partial charge in [-0.25, -0.2) is 0 Å². The SMILES string of the molecule is c1ccc(-c2cc(N(c3ccccc3)c3ccc4c5ccccc5n(-c5c(-c6ccccc6)ccc6ccccc56)c4c3)ccc2-c2cccc3ccccc23)cc1. The Hall–Kier alpha value is -7.68. The second-order valence-electron chi connectivity index (χ2n) is 14.9. The van der Waals surface area contributed by atoms with Crippen LogP contribution < -0.4 is 4.90 Å². The highest BCUT2D eigenvalue weighted by Crippen LogP contribution is 2.45. The Balaban J connectivity index is 1.18. The van der Waals surface area contributed by atoms with Gasteiger partial charge >= 0.3 is 0 Å². The molecule has 0 bridgehead atoms. The van der Waals surface area contributed by atoms with Gasteiger partial charge in [-0.1, -0.05) is 188 Å². The van der Waals surface area contributed by atoms with Gasteiger partial charge in [-0.15, -0.1) is 0 Å². The molecular weight excluding hydrogens is 701 g/mol. The van der Waals surface area contributed by atoms with Crippen LogP contribution in [0.3, 0.4) is 0 Å². The number of rotatable bonds is 7. The first-order valence-electron chi connectivity index (χ1n) is 19.9. The largest absolute Gasteiger partial charge is 0.310 e. The van der Waals surface area contributed by atoms with Gasteiger partial charge in [0.05, 0.1) is 16.7 Å². The monoisotopic (exact) mass is 738 g/mol. The van der Waals surface area contributed by atoms with Crippen molar-refractivity contribution in [3.05, 3.63) is 231 Å². The van der Waals surface area contributed by atoms with E-state index in [0.717, 1.165) is 22.6 Å². The van der Waals surface area contributed by atoms with Crippen molar-refractivity contribution in [3.8, 4) is 39.1 Å². The van der Waals surface area contributed by atoms with Crippen LogP contribution >= 0.6 is 0 Å². The number of hydrogen-bond donors (Lipinski definition) is 0. The van der Waals surface area contributed by atoms with Crippen molar-refractivity contribution in [1.82, 2.24) is 4.57 Å². The van der Waals surface area contributed by atoms with E-state index < -0.39 is 0 Å². The number of benzene rings is 10. The smallest absolute Gasteiger partial charge is 0.0618 e. The van der Waals surface area contributed by atoms with Crippen LogP contribution in [-0.2, 0) is 0 Å². The fourth-order valence-electron chi connectivity index (χ4n) is 8.93. The van der Waals surface area contributed by atoms with Gasteiger partial charge in [0.25, 0.3) is 0 Å². The van der Waals surface area contributed by atoms with Crippen molar-refractivity contribution >= 4 is 60.4 Å². The van der Waals surface area contributed by atoms with E-state index in [9.17, 15) is 0 Å². The van der Waals surface area contributed by atoms with E-state index >= 15 is 0 Å². The molecule has 11 rings (SSSR count). The van der Waals surface area contributed by atoms with Gasteiger partial charge in [0.15, 0.2) is 0 Å². The summed E-state index contributed by atoms with van der Waals surface area (Å²) in [6, 6.07) is 83.8. The summed E-state index contributed by atoms with van der Waals surface area (Å²) in [4.78, 5) is 2.40. The standard InChI is InChI=1S/C56H38N2/c1-4-17-40(18-5-1)48-34-31-42-22-11-13-27-47(42)56(48)58-54-30-15-14-28-51(54)52-36-33-45(38-55(52)58)57(43-24-8-3-9-25-43)44-32-35-50(53(37-44)41-19-6-2-7-20-41)49-29-16-23-39-21-10-12-26-46(39)49/h1-38H. The summed E-state index contributed by atoms with van der Waals surface area (Å²) in [6.45, 7) is 0. The van der Waals surface area contributed by atoms with Crippen LogP contribution in [-0.4, -0.2) is 4.57 Å². The molecule has 1 aromatic heterocycles. The third-order valence-electron chi connectivity index (χ3n) is 11.6. The Morgan fingerprint density at radius 2 is 0.810 bits per heavy atom. The van der Waals surface area contributed by atoms with Crippen molar-refractivity contribution in [2.75, 3.05) is 4.90 Å². The summed E-state index contributed by atoms with van der Waals surface area (Å²) in [7, 11) is 0. The van der Waals surface area contributed by atoms with Gasteiger partial charge in [0.1, 0.15) is 0 Å².